The van der Waals surface area contributed by atoms with Crippen molar-refractivity contribution in [1.82, 2.24) is 9.03 Å². The number of nitrogens with one attached hydrogen (secondary N) is 1. The molecule has 9 heteroatoms. The summed E-state index contributed by atoms with van der Waals surface area (Å²) >= 11 is 0. The molecule has 0 aromatic carbocycles. The maximum absolute atomic E-state index is 12.2. The molecule has 1 atom stereocenters. The molecule has 0 amide bonds. The Kier molecular flexibility index (Phi) is 6.56. The summed E-state index contributed by atoms with van der Waals surface area (Å²) in [5.41, 5.74) is 0. The second-order valence-electron chi connectivity index (χ2n) is 5.02. The van der Waals surface area contributed by atoms with Gasteiger partial charge in [-0.1, -0.05) is 6.92 Å². The number of carboxylic acids is 1. The number of ether oxygens (including phenoxy) is 1. The zero-order chi connectivity index (χ0) is 16.0. The summed E-state index contributed by atoms with van der Waals surface area (Å²) in [6.45, 7) is 2.16. The molecule has 21 heavy (non-hydrogen) atoms. The van der Waals surface area contributed by atoms with Crippen LogP contribution in [0.2, 0.25) is 0 Å². The van der Waals surface area contributed by atoms with E-state index in [0.717, 1.165) is 0 Å². The van der Waals surface area contributed by atoms with E-state index in [1.807, 2.05) is 0 Å². The van der Waals surface area contributed by atoms with E-state index < -0.39 is 22.2 Å². The van der Waals surface area contributed by atoms with E-state index in [9.17, 15) is 18.0 Å². The number of methoxy groups -OCH3 is 1. The summed E-state index contributed by atoms with van der Waals surface area (Å²) in [4.78, 5) is 22.1. The van der Waals surface area contributed by atoms with Gasteiger partial charge in [-0.25, -0.2) is 0 Å². The van der Waals surface area contributed by atoms with Crippen LogP contribution in [0.3, 0.4) is 0 Å². The molecule has 0 spiro atoms. The molecule has 1 fully saturated rings. The number of hydrogen-bond donors (Lipinski definition) is 2. The van der Waals surface area contributed by atoms with E-state index in [1.165, 1.54) is 11.4 Å². The maximum Gasteiger partial charge on any atom is 0.308 e. The lowest BCUT2D eigenvalue weighted by Crippen LogP contribution is -2.49. The Bertz CT molecular complexity index is 470. The quantitative estimate of drug-likeness (QED) is 0.636. The summed E-state index contributed by atoms with van der Waals surface area (Å²) in [5, 5.41) is 8.75. The third-order valence-electron chi connectivity index (χ3n) is 3.56. The van der Waals surface area contributed by atoms with Crippen LogP contribution >= 0.6 is 0 Å². The number of nitrogens with zero attached hydrogens (tertiary/aromatic N) is 1. The Balaban J connectivity index is 2.60. The van der Waals surface area contributed by atoms with Gasteiger partial charge in [-0.2, -0.15) is 17.4 Å². The van der Waals surface area contributed by atoms with Gasteiger partial charge in [0.25, 0.3) is 10.2 Å². The van der Waals surface area contributed by atoms with Crippen molar-refractivity contribution in [2.45, 2.75) is 38.6 Å². The highest BCUT2D eigenvalue weighted by atomic mass is 32.2. The van der Waals surface area contributed by atoms with E-state index >= 15 is 0 Å². The van der Waals surface area contributed by atoms with Crippen LogP contribution in [0.4, 0.5) is 0 Å². The third kappa shape index (κ3) is 5.25. The summed E-state index contributed by atoms with van der Waals surface area (Å²) in [6.07, 6.45) is 0.950. The molecule has 1 unspecified atom stereocenters. The minimum Gasteiger partial charge on any atom is -0.481 e. The normalized spacial score (nSPS) is 19.1. The maximum atomic E-state index is 12.2. The number of carbonyl (C=O) groups is 2. The molecule has 1 saturated heterocycles. The SMILES string of the molecule is CCC(CC(=O)O)NS(=O)(=O)N1CCC(C(=O)OC)CC1. The molecular weight excluding hydrogens is 300 g/mol. The summed E-state index contributed by atoms with van der Waals surface area (Å²) in [5.74, 6) is -1.64. The highest BCUT2D eigenvalue weighted by Crippen LogP contribution is 2.20. The van der Waals surface area contributed by atoms with Gasteiger partial charge in [-0.3, -0.25) is 9.59 Å². The van der Waals surface area contributed by atoms with Crippen LogP contribution in [-0.2, 0) is 24.5 Å². The molecule has 0 aromatic rings. The van der Waals surface area contributed by atoms with Gasteiger partial charge in [-0.05, 0) is 19.3 Å². The van der Waals surface area contributed by atoms with Crippen molar-refractivity contribution in [1.29, 1.82) is 0 Å². The molecule has 1 aliphatic heterocycles. The molecule has 1 heterocycles. The second-order valence-corrected chi connectivity index (χ2v) is 6.72. The van der Waals surface area contributed by atoms with E-state index in [2.05, 4.69) is 9.46 Å². The van der Waals surface area contributed by atoms with Gasteiger partial charge in [0, 0.05) is 19.1 Å². The summed E-state index contributed by atoms with van der Waals surface area (Å²) in [6, 6.07) is -0.633. The van der Waals surface area contributed by atoms with Crippen LogP contribution in [-0.4, -0.2) is 56.0 Å². The van der Waals surface area contributed by atoms with E-state index in [-0.39, 0.29) is 31.4 Å². The lowest BCUT2D eigenvalue weighted by molar-refractivity contribution is -0.146. The molecule has 1 aliphatic rings. The third-order valence-corrected chi connectivity index (χ3v) is 5.23. The van der Waals surface area contributed by atoms with Gasteiger partial charge in [0.2, 0.25) is 0 Å². The number of rotatable bonds is 7. The Morgan fingerprint density at radius 2 is 1.95 bits per heavy atom. The number of esters is 1. The molecule has 0 bridgehead atoms. The predicted octanol–water partition coefficient (Wildman–Crippen LogP) is -0.0409. The van der Waals surface area contributed by atoms with Crippen molar-refractivity contribution in [2.24, 2.45) is 5.92 Å². The van der Waals surface area contributed by atoms with Gasteiger partial charge in [0.1, 0.15) is 0 Å². The molecule has 122 valence electrons. The predicted molar refractivity (Wildman–Crippen MR) is 74.7 cm³/mol. The van der Waals surface area contributed by atoms with Crippen LogP contribution in [0.5, 0.6) is 0 Å². The fraction of sp³-hybridized carbons (Fsp3) is 0.833. The van der Waals surface area contributed by atoms with Gasteiger partial charge in [0.05, 0.1) is 19.4 Å². The van der Waals surface area contributed by atoms with Crippen molar-refractivity contribution in [2.75, 3.05) is 20.2 Å². The lowest BCUT2D eigenvalue weighted by atomic mass is 9.99. The zero-order valence-electron chi connectivity index (χ0n) is 12.2. The monoisotopic (exact) mass is 322 g/mol. The van der Waals surface area contributed by atoms with E-state index in [4.69, 9.17) is 5.11 Å². The topological polar surface area (TPSA) is 113 Å². The Hall–Kier alpha value is -1.19. The van der Waals surface area contributed by atoms with Crippen LogP contribution in [0, 0.1) is 5.92 Å². The van der Waals surface area contributed by atoms with Crippen molar-refractivity contribution < 1.29 is 27.9 Å². The minimum atomic E-state index is -3.73. The first-order valence-corrected chi connectivity index (χ1v) is 8.31. The fourth-order valence-electron chi connectivity index (χ4n) is 2.26. The van der Waals surface area contributed by atoms with Crippen molar-refractivity contribution in [3.05, 3.63) is 0 Å². The number of carboxylic acid groups (broad SMARTS) is 1. The molecule has 0 radical (unpaired) electrons. The van der Waals surface area contributed by atoms with Crippen molar-refractivity contribution in [3.8, 4) is 0 Å². The number of hydrogen-bond acceptors (Lipinski definition) is 5. The van der Waals surface area contributed by atoms with Crippen LogP contribution in [0.25, 0.3) is 0 Å². The molecule has 2 N–H and O–H groups in total. The van der Waals surface area contributed by atoms with Gasteiger partial charge >= 0.3 is 11.9 Å². The van der Waals surface area contributed by atoms with E-state index in [1.54, 1.807) is 6.92 Å². The van der Waals surface area contributed by atoms with Gasteiger partial charge in [-0.15, -0.1) is 0 Å². The first-order chi connectivity index (χ1) is 9.80. The van der Waals surface area contributed by atoms with Crippen LogP contribution in [0.1, 0.15) is 32.6 Å². The molecule has 0 saturated carbocycles. The molecule has 0 aliphatic carbocycles. The number of aliphatic carboxylic acids is 1. The summed E-state index contributed by atoms with van der Waals surface area (Å²) < 4.78 is 32.7. The number of piperidine rings is 1. The Morgan fingerprint density at radius 3 is 2.38 bits per heavy atom. The Morgan fingerprint density at radius 1 is 1.38 bits per heavy atom. The second kappa shape index (κ2) is 7.71. The van der Waals surface area contributed by atoms with Crippen LogP contribution < -0.4 is 4.72 Å². The van der Waals surface area contributed by atoms with Crippen LogP contribution in [0.15, 0.2) is 0 Å². The average molecular weight is 322 g/mol. The minimum absolute atomic E-state index is 0.221. The molecular formula is C12H22N2O6S. The Labute approximate surface area is 124 Å². The fourth-order valence-corrected chi connectivity index (χ4v) is 3.78. The highest BCUT2D eigenvalue weighted by molar-refractivity contribution is 7.87. The molecule has 1 rings (SSSR count). The van der Waals surface area contributed by atoms with E-state index in [0.29, 0.717) is 19.3 Å². The number of carbonyl (C=O) groups excluding carboxylic acids is 1. The zero-order valence-corrected chi connectivity index (χ0v) is 13.1. The molecule has 8 nitrogen and oxygen atoms in total. The van der Waals surface area contributed by atoms with Gasteiger partial charge in [0.15, 0.2) is 0 Å². The molecule has 0 aromatic heterocycles. The van der Waals surface area contributed by atoms with Crippen molar-refractivity contribution in [3.63, 3.8) is 0 Å². The first kappa shape index (κ1) is 17.9. The average Bonchev–Trinajstić information content (AvgIpc) is 2.45. The summed E-state index contributed by atoms with van der Waals surface area (Å²) in [7, 11) is -2.42. The lowest BCUT2D eigenvalue weighted by Gasteiger charge is -2.31. The first-order valence-electron chi connectivity index (χ1n) is 6.87. The standard InChI is InChI=1S/C12H22N2O6S/c1-3-10(8-11(15)16)13-21(18,19)14-6-4-9(5-7-14)12(17)20-2/h9-10,13H,3-8H2,1-2H3,(H,15,16). The largest absolute Gasteiger partial charge is 0.481 e. The van der Waals surface area contributed by atoms with Crippen molar-refractivity contribution >= 4 is 22.1 Å². The van der Waals surface area contributed by atoms with Gasteiger partial charge < -0.3 is 9.84 Å². The smallest absolute Gasteiger partial charge is 0.308 e. The highest BCUT2D eigenvalue weighted by Gasteiger charge is 2.32.